The third-order valence-electron chi connectivity index (χ3n) is 3.14. The molecule has 0 N–H and O–H groups in total. The first-order chi connectivity index (χ1) is 9.58. The molecule has 0 saturated heterocycles. The largest absolute Gasteiger partial charge is 0.491 e. The molecule has 0 aliphatic rings. The second kappa shape index (κ2) is 6.76. The van der Waals surface area contributed by atoms with Gasteiger partial charge in [0.1, 0.15) is 5.75 Å². The summed E-state index contributed by atoms with van der Waals surface area (Å²) in [5, 5.41) is -0.124. The number of rotatable bonds is 5. The number of benzene rings is 1. The van der Waals surface area contributed by atoms with E-state index in [1.54, 1.807) is 6.20 Å². The number of alkyl halides is 1. The zero-order valence-electron chi connectivity index (χ0n) is 12.1. The summed E-state index contributed by atoms with van der Waals surface area (Å²) in [4.78, 5) is 4.38. The van der Waals surface area contributed by atoms with Crippen LogP contribution in [-0.2, 0) is 0 Å². The number of ether oxygens (including phenoxy) is 1. The van der Waals surface area contributed by atoms with Crippen molar-refractivity contribution < 1.29 is 4.74 Å². The van der Waals surface area contributed by atoms with Gasteiger partial charge in [0.25, 0.3) is 0 Å². The quantitative estimate of drug-likeness (QED) is 0.726. The highest BCUT2D eigenvalue weighted by Crippen LogP contribution is 2.36. The molecule has 20 heavy (non-hydrogen) atoms. The molecule has 3 heteroatoms. The van der Waals surface area contributed by atoms with Gasteiger partial charge in [-0.1, -0.05) is 25.1 Å². The first-order valence-electron chi connectivity index (χ1n) is 6.89. The molecular weight excluding hydrogens is 270 g/mol. The number of halogens is 1. The molecule has 1 aromatic carbocycles. The Morgan fingerprint density at radius 1 is 1.05 bits per heavy atom. The van der Waals surface area contributed by atoms with Crippen molar-refractivity contribution in [3.8, 4) is 5.75 Å². The minimum Gasteiger partial charge on any atom is -0.491 e. The Morgan fingerprint density at radius 2 is 1.85 bits per heavy atom. The summed E-state index contributed by atoms with van der Waals surface area (Å²) in [6, 6.07) is 13.9. The van der Waals surface area contributed by atoms with Crippen molar-refractivity contribution in [3.05, 3.63) is 59.9 Å². The number of pyridine rings is 1. The monoisotopic (exact) mass is 289 g/mol. The van der Waals surface area contributed by atoms with E-state index < -0.39 is 0 Å². The van der Waals surface area contributed by atoms with Gasteiger partial charge in [0.05, 0.1) is 11.5 Å². The summed E-state index contributed by atoms with van der Waals surface area (Å²) >= 11 is 6.60. The lowest BCUT2D eigenvalue weighted by molar-refractivity contribution is 0.242. The summed E-state index contributed by atoms with van der Waals surface area (Å²) in [5.74, 6) is 1.00. The van der Waals surface area contributed by atoms with Gasteiger partial charge in [-0.15, -0.1) is 11.6 Å². The molecule has 106 valence electrons. The molecule has 0 fully saturated rings. The summed E-state index contributed by atoms with van der Waals surface area (Å²) in [6.45, 7) is 6.12. The van der Waals surface area contributed by atoms with Crippen LogP contribution in [-0.4, -0.2) is 11.1 Å². The van der Waals surface area contributed by atoms with Gasteiger partial charge in [-0.25, -0.2) is 0 Å². The number of nitrogens with zero attached hydrogens (tertiary/aromatic N) is 1. The van der Waals surface area contributed by atoms with Crippen molar-refractivity contribution in [2.45, 2.75) is 38.2 Å². The molecule has 0 radical (unpaired) electrons. The lowest BCUT2D eigenvalue weighted by Crippen LogP contribution is -2.07. The van der Waals surface area contributed by atoms with Crippen molar-refractivity contribution in [2.24, 2.45) is 0 Å². The van der Waals surface area contributed by atoms with Crippen molar-refractivity contribution >= 4 is 11.6 Å². The molecule has 1 aromatic heterocycles. The summed E-state index contributed by atoms with van der Waals surface area (Å²) in [7, 11) is 0. The van der Waals surface area contributed by atoms with E-state index in [-0.39, 0.29) is 17.4 Å². The Bertz CT molecular complexity index is 542. The molecule has 2 rings (SSSR count). The van der Waals surface area contributed by atoms with Crippen molar-refractivity contribution in [3.63, 3.8) is 0 Å². The number of aromatic nitrogens is 1. The van der Waals surface area contributed by atoms with Crippen LogP contribution < -0.4 is 4.74 Å². The average Bonchev–Trinajstić information content (AvgIpc) is 2.46. The molecule has 1 heterocycles. The molecule has 0 saturated carbocycles. The highest BCUT2D eigenvalue weighted by atomic mass is 35.5. The van der Waals surface area contributed by atoms with Crippen molar-refractivity contribution in [1.82, 2.24) is 4.98 Å². The summed E-state index contributed by atoms with van der Waals surface area (Å²) in [5.41, 5.74) is 2.06. The second-order valence-electron chi connectivity index (χ2n) is 5.18. The fourth-order valence-electron chi connectivity index (χ4n) is 2.12. The lowest BCUT2D eigenvalue weighted by Gasteiger charge is -2.19. The van der Waals surface area contributed by atoms with E-state index in [2.05, 4.69) is 11.9 Å². The van der Waals surface area contributed by atoms with Crippen molar-refractivity contribution in [2.75, 3.05) is 0 Å². The van der Waals surface area contributed by atoms with Crippen LogP contribution in [0.2, 0.25) is 0 Å². The van der Waals surface area contributed by atoms with E-state index in [1.165, 1.54) is 0 Å². The number of hydrogen-bond acceptors (Lipinski definition) is 2. The van der Waals surface area contributed by atoms with Gasteiger partial charge in [-0.2, -0.15) is 0 Å². The maximum Gasteiger partial charge on any atom is 0.120 e. The van der Waals surface area contributed by atoms with E-state index in [0.29, 0.717) is 0 Å². The van der Waals surface area contributed by atoms with E-state index in [4.69, 9.17) is 16.3 Å². The predicted molar refractivity (Wildman–Crippen MR) is 83.5 cm³/mol. The van der Waals surface area contributed by atoms with E-state index >= 15 is 0 Å². The van der Waals surface area contributed by atoms with Crippen LogP contribution in [0.1, 0.15) is 43.3 Å². The molecule has 0 amide bonds. The second-order valence-corrected chi connectivity index (χ2v) is 5.65. The standard InChI is InChI=1S/C17H20ClNO/c1-12(2)20-15-8-6-7-14(11-15)17(18)13(3)16-9-4-5-10-19-16/h4-13,17H,1-3H3. The Kier molecular flexibility index (Phi) is 5.02. The van der Waals surface area contributed by atoms with Gasteiger partial charge in [0.15, 0.2) is 0 Å². The van der Waals surface area contributed by atoms with E-state index in [0.717, 1.165) is 17.0 Å². The van der Waals surface area contributed by atoms with Crippen LogP contribution in [0.15, 0.2) is 48.7 Å². The highest BCUT2D eigenvalue weighted by molar-refractivity contribution is 6.21. The smallest absolute Gasteiger partial charge is 0.120 e. The van der Waals surface area contributed by atoms with Crippen LogP contribution >= 0.6 is 11.6 Å². The Labute approximate surface area is 125 Å². The Hall–Kier alpha value is -1.54. The third-order valence-corrected chi connectivity index (χ3v) is 3.77. The molecular formula is C17H20ClNO. The zero-order chi connectivity index (χ0) is 14.5. The molecule has 0 bridgehead atoms. The minimum absolute atomic E-state index is 0.124. The topological polar surface area (TPSA) is 22.1 Å². The Balaban J connectivity index is 2.18. The number of hydrogen-bond donors (Lipinski definition) is 0. The molecule has 0 spiro atoms. The van der Waals surface area contributed by atoms with Crippen LogP contribution in [0, 0.1) is 0 Å². The van der Waals surface area contributed by atoms with Gasteiger partial charge in [-0.05, 0) is 43.7 Å². The van der Waals surface area contributed by atoms with E-state index in [1.807, 2.05) is 56.3 Å². The predicted octanol–water partition coefficient (Wildman–Crippen LogP) is 4.95. The van der Waals surface area contributed by atoms with Crippen LogP contribution in [0.4, 0.5) is 0 Å². The van der Waals surface area contributed by atoms with Gasteiger partial charge in [-0.3, -0.25) is 4.98 Å². The summed E-state index contributed by atoms with van der Waals surface area (Å²) in [6.07, 6.45) is 1.96. The minimum atomic E-state index is -0.124. The Morgan fingerprint density at radius 3 is 2.50 bits per heavy atom. The fraction of sp³-hybridized carbons (Fsp3) is 0.353. The van der Waals surface area contributed by atoms with Gasteiger partial charge in [0, 0.05) is 17.8 Å². The summed E-state index contributed by atoms with van der Waals surface area (Å²) < 4.78 is 5.72. The van der Waals surface area contributed by atoms with Crippen LogP contribution in [0.3, 0.4) is 0 Å². The fourth-order valence-corrected chi connectivity index (χ4v) is 2.38. The van der Waals surface area contributed by atoms with Crippen LogP contribution in [0.5, 0.6) is 5.75 Å². The SMILES string of the molecule is CC(C)Oc1cccc(C(Cl)C(C)c2ccccn2)c1. The van der Waals surface area contributed by atoms with Crippen molar-refractivity contribution in [1.29, 1.82) is 0 Å². The highest BCUT2D eigenvalue weighted by Gasteiger charge is 2.19. The van der Waals surface area contributed by atoms with Gasteiger partial charge < -0.3 is 4.74 Å². The molecule has 2 unspecified atom stereocenters. The normalized spacial score (nSPS) is 14.1. The molecule has 2 aromatic rings. The average molecular weight is 290 g/mol. The van der Waals surface area contributed by atoms with E-state index in [9.17, 15) is 0 Å². The maximum absolute atomic E-state index is 6.60. The zero-order valence-corrected chi connectivity index (χ0v) is 12.8. The maximum atomic E-state index is 6.60. The molecule has 0 aliphatic heterocycles. The molecule has 2 atom stereocenters. The third kappa shape index (κ3) is 3.73. The first-order valence-corrected chi connectivity index (χ1v) is 7.33. The van der Waals surface area contributed by atoms with Gasteiger partial charge >= 0.3 is 0 Å². The first kappa shape index (κ1) is 14.9. The van der Waals surface area contributed by atoms with Gasteiger partial charge in [0.2, 0.25) is 0 Å². The lowest BCUT2D eigenvalue weighted by atomic mass is 9.97. The molecule has 0 aliphatic carbocycles. The van der Waals surface area contributed by atoms with Crippen LogP contribution in [0.25, 0.3) is 0 Å². The molecule has 2 nitrogen and oxygen atoms in total.